The van der Waals surface area contributed by atoms with Gasteiger partial charge in [-0.15, -0.1) is 0 Å². The van der Waals surface area contributed by atoms with Crippen molar-refractivity contribution >= 4 is 16.3 Å². The van der Waals surface area contributed by atoms with Gasteiger partial charge in [0.2, 0.25) is 4.96 Å². The van der Waals surface area contributed by atoms with Gasteiger partial charge in [-0.1, -0.05) is 11.3 Å². The van der Waals surface area contributed by atoms with Crippen LogP contribution < -0.4 is 10.9 Å². The summed E-state index contributed by atoms with van der Waals surface area (Å²) in [6, 6.07) is 1.52. The summed E-state index contributed by atoms with van der Waals surface area (Å²) in [4.78, 5) is 19.2. The van der Waals surface area contributed by atoms with E-state index in [1.165, 1.54) is 34.8 Å². The first-order valence-corrected chi connectivity index (χ1v) is 8.19. The van der Waals surface area contributed by atoms with Crippen molar-refractivity contribution in [3.8, 4) is 0 Å². The summed E-state index contributed by atoms with van der Waals surface area (Å²) in [5, 5.41) is 8.77. The number of nitrogens with zero attached hydrogens (tertiary/aromatic N) is 4. The molecule has 0 saturated carbocycles. The van der Waals surface area contributed by atoms with E-state index >= 15 is 0 Å². The molecule has 1 saturated heterocycles. The molecule has 6 nitrogen and oxygen atoms in total. The molecule has 7 heteroatoms. The highest BCUT2D eigenvalue weighted by molar-refractivity contribution is 7.16. The summed E-state index contributed by atoms with van der Waals surface area (Å²) in [6.45, 7) is 5.91. The van der Waals surface area contributed by atoms with Crippen LogP contribution in [0.25, 0.3) is 4.96 Å². The number of rotatable bonds is 4. The Hall–Kier alpha value is -1.31. The minimum Gasteiger partial charge on any atom is -0.316 e. The molecule has 1 fully saturated rings. The Labute approximate surface area is 127 Å². The van der Waals surface area contributed by atoms with Gasteiger partial charge >= 0.3 is 0 Å². The van der Waals surface area contributed by atoms with Crippen LogP contribution in [0.4, 0.5) is 0 Å². The average molecular weight is 307 g/mol. The molecule has 21 heavy (non-hydrogen) atoms. The Kier molecular flexibility index (Phi) is 4.32. The van der Waals surface area contributed by atoms with E-state index in [-0.39, 0.29) is 5.56 Å². The van der Waals surface area contributed by atoms with Gasteiger partial charge in [0.25, 0.3) is 5.56 Å². The number of piperidine rings is 1. The number of aryl methyl sites for hydroxylation is 1. The lowest BCUT2D eigenvalue weighted by molar-refractivity contribution is 0.237. The predicted molar refractivity (Wildman–Crippen MR) is 83.8 cm³/mol. The highest BCUT2D eigenvalue weighted by Gasteiger charge is 2.16. The van der Waals surface area contributed by atoms with E-state index < -0.39 is 0 Å². The molecule has 3 heterocycles. The standard InChI is InChI=1S/C14H21N5OS/c1-10-6-13(20)19-14(16-10)21-12(17-19)9-18(2)8-11-4-3-5-15-7-11/h6,11,15H,3-5,7-9H2,1-2H3. The maximum absolute atomic E-state index is 11.9. The van der Waals surface area contributed by atoms with E-state index in [0.717, 1.165) is 36.9 Å². The van der Waals surface area contributed by atoms with Crippen molar-refractivity contribution < 1.29 is 0 Å². The lowest BCUT2D eigenvalue weighted by Crippen LogP contribution is -2.36. The van der Waals surface area contributed by atoms with Gasteiger partial charge in [-0.05, 0) is 45.8 Å². The van der Waals surface area contributed by atoms with Gasteiger partial charge in [0.05, 0.1) is 6.54 Å². The first kappa shape index (κ1) is 14.6. The van der Waals surface area contributed by atoms with Gasteiger partial charge in [-0.3, -0.25) is 9.69 Å². The van der Waals surface area contributed by atoms with E-state index in [9.17, 15) is 4.79 Å². The summed E-state index contributed by atoms with van der Waals surface area (Å²) in [5.74, 6) is 0.709. The van der Waals surface area contributed by atoms with Crippen LogP contribution in [0.3, 0.4) is 0 Å². The third kappa shape index (κ3) is 3.48. The summed E-state index contributed by atoms with van der Waals surface area (Å²) >= 11 is 1.50. The first-order valence-electron chi connectivity index (χ1n) is 7.37. The van der Waals surface area contributed by atoms with Crippen LogP contribution in [-0.4, -0.2) is 46.2 Å². The molecule has 114 valence electrons. The molecule has 0 radical (unpaired) electrons. The maximum atomic E-state index is 11.9. The normalized spacial score (nSPS) is 19.5. The van der Waals surface area contributed by atoms with Gasteiger partial charge in [0.15, 0.2) is 0 Å². The number of nitrogens with one attached hydrogen (secondary N) is 1. The third-order valence-corrected chi connectivity index (χ3v) is 4.68. The molecule has 1 atom stereocenters. The van der Waals surface area contributed by atoms with Crippen molar-refractivity contribution in [2.24, 2.45) is 5.92 Å². The molecule has 1 aliphatic rings. The number of hydrogen-bond acceptors (Lipinski definition) is 6. The fourth-order valence-electron chi connectivity index (χ4n) is 2.84. The van der Waals surface area contributed by atoms with Crippen LogP contribution in [0.15, 0.2) is 10.9 Å². The van der Waals surface area contributed by atoms with Crippen molar-refractivity contribution in [3.05, 3.63) is 27.1 Å². The van der Waals surface area contributed by atoms with E-state index in [0.29, 0.717) is 10.9 Å². The summed E-state index contributed by atoms with van der Waals surface area (Å²) in [6.07, 6.45) is 2.55. The molecule has 1 N–H and O–H groups in total. The minimum absolute atomic E-state index is 0.0980. The van der Waals surface area contributed by atoms with Crippen molar-refractivity contribution in [1.82, 2.24) is 24.8 Å². The van der Waals surface area contributed by atoms with Gasteiger partial charge in [0.1, 0.15) is 5.01 Å². The Bertz CT molecular complexity index is 674. The Balaban J connectivity index is 1.69. The first-order chi connectivity index (χ1) is 10.1. The van der Waals surface area contributed by atoms with Gasteiger partial charge in [-0.25, -0.2) is 4.98 Å². The zero-order valence-electron chi connectivity index (χ0n) is 12.5. The maximum Gasteiger partial charge on any atom is 0.275 e. The molecule has 0 amide bonds. The van der Waals surface area contributed by atoms with Gasteiger partial charge in [0, 0.05) is 18.3 Å². The second-order valence-corrected chi connectivity index (χ2v) is 6.88. The average Bonchev–Trinajstić information content (AvgIpc) is 2.82. The molecule has 0 bridgehead atoms. The third-order valence-electron chi connectivity index (χ3n) is 3.79. The molecule has 0 aliphatic carbocycles. The quantitative estimate of drug-likeness (QED) is 0.909. The van der Waals surface area contributed by atoms with E-state index in [1.807, 2.05) is 6.92 Å². The van der Waals surface area contributed by atoms with Gasteiger partial charge < -0.3 is 5.32 Å². The van der Waals surface area contributed by atoms with Crippen molar-refractivity contribution in [2.75, 3.05) is 26.7 Å². The molecule has 0 spiro atoms. The zero-order chi connectivity index (χ0) is 14.8. The largest absolute Gasteiger partial charge is 0.316 e. The Morgan fingerprint density at radius 2 is 2.43 bits per heavy atom. The van der Waals surface area contributed by atoms with E-state index in [4.69, 9.17) is 0 Å². The van der Waals surface area contributed by atoms with Crippen LogP contribution in [0, 0.1) is 12.8 Å². The smallest absolute Gasteiger partial charge is 0.275 e. The molecule has 3 rings (SSSR count). The second-order valence-electron chi connectivity index (χ2n) is 5.84. The molecular weight excluding hydrogens is 286 g/mol. The van der Waals surface area contributed by atoms with Crippen LogP contribution >= 0.6 is 11.3 Å². The van der Waals surface area contributed by atoms with Gasteiger partial charge in [-0.2, -0.15) is 9.61 Å². The van der Waals surface area contributed by atoms with Crippen LogP contribution in [0.5, 0.6) is 0 Å². The second kappa shape index (κ2) is 6.21. The number of aromatic nitrogens is 3. The monoisotopic (exact) mass is 307 g/mol. The van der Waals surface area contributed by atoms with Crippen molar-refractivity contribution in [3.63, 3.8) is 0 Å². The summed E-state index contributed by atoms with van der Waals surface area (Å²) in [5.41, 5.74) is 0.649. The van der Waals surface area contributed by atoms with Crippen LogP contribution in [0.1, 0.15) is 23.5 Å². The Morgan fingerprint density at radius 1 is 1.57 bits per heavy atom. The minimum atomic E-state index is -0.0980. The SMILES string of the molecule is Cc1cc(=O)n2nc(CN(C)CC3CCCNC3)sc2n1. The van der Waals surface area contributed by atoms with Crippen molar-refractivity contribution in [1.29, 1.82) is 0 Å². The van der Waals surface area contributed by atoms with E-state index in [2.05, 4.69) is 27.3 Å². The van der Waals surface area contributed by atoms with E-state index in [1.54, 1.807) is 0 Å². The number of hydrogen-bond donors (Lipinski definition) is 1. The highest BCUT2D eigenvalue weighted by atomic mass is 32.1. The predicted octanol–water partition coefficient (Wildman–Crippen LogP) is 0.891. The topological polar surface area (TPSA) is 62.5 Å². The highest BCUT2D eigenvalue weighted by Crippen LogP contribution is 2.16. The Morgan fingerprint density at radius 3 is 3.19 bits per heavy atom. The molecular formula is C14H21N5OS. The lowest BCUT2D eigenvalue weighted by Gasteiger charge is -2.27. The fourth-order valence-corrected chi connectivity index (χ4v) is 3.87. The van der Waals surface area contributed by atoms with Crippen LogP contribution in [-0.2, 0) is 6.54 Å². The summed E-state index contributed by atoms with van der Waals surface area (Å²) in [7, 11) is 2.11. The molecule has 2 aromatic heterocycles. The molecule has 1 unspecified atom stereocenters. The fraction of sp³-hybridized carbons (Fsp3) is 0.643. The zero-order valence-corrected chi connectivity index (χ0v) is 13.3. The molecule has 0 aromatic carbocycles. The van der Waals surface area contributed by atoms with Crippen molar-refractivity contribution in [2.45, 2.75) is 26.3 Å². The lowest BCUT2D eigenvalue weighted by atomic mass is 9.99. The molecule has 1 aliphatic heterocycles. The summed E-state index contributed by atoms with van der Waals surface area (Å²) < 4.78 is 1.41. The molecule has 2 aromatic rings. The number of fused-ring (bicyclic) bond motifs is 1. The van der Waals surface area contributed by atoms with Crippen LogP contribution in [0.2, 0.25) is 0 Å².